The van der Waals surface area contributed by atoms with Crippen molar-refractivity contribution in [3.63, 3.8) is 0 Å². The molecule has 3 rings (SSSR count). The lowest BCUT2D eigenvalue weighted by Gasteiger charge is -2.07. The second-order valence-electron chi connectivity index (χ2n) is 4.41. The molecular formula is C14H10ClF2N3. The topological polar surface area (TPSA) is 43.8 Å². The third kappa shape index (κ3) is 2.10. The molecule has 2 N–H and O–H groups in total. The zero-order chi connectivity index (χ0) is 14.3. The van der Waals surface area contributed by atoms with Gasteiger partial charge in [0.15, 0.2) is 11.6 Å². The second-order valence-corrected chi connectivity index (χ2v) is 4.85. The average Bonchev–Trinajstić information content (AvgIpc) is 2.74. The maximum absolute atomic E-state index is 13.9. The lowest BCUT2D eigenvalue weighted by molar-refractivity contribution is 0.512. The van der Waals surface area contributed by atoms with E-state index in [2.05, 4.69) is 4.98 Å². The van der Waals surface area contributed by atoms with E-state index in [1.165, 1.54) is 10.6 Å². The second kappa shape index (κ2) is 4.76. The Balaban J connectivity index is 2.13. The van der Waals surface area contributed by atoms with Crippen molar-refractivity contribution in [2.75, 3.05) is 5.73 Å². The first-order valence-electron chi connectivity index (χ1n) is 5.90. The molecular weight excluding hydrogens is 284 g/mol. The quantitative estimate of drug-likeness (QED) is 0.784. The van der Waals surface area contributed by atoms with Crippen LogP contribution in [0.15, 0.2) is 36.4 Å². The summed E-state index contributed by atoms with van der Waals surface area (Å²) >= 11 is 5.81. The Labute approximate surface area is 118 Å². The Hall–Kier alpha value is -2.14. The van der Waals surface area contributed by atoms with Crippen molar-refractivity contribution < 1.29 is 8.78 Å². The van der Waals surface area contributed by atoms with E-state index < -0.39 is 11.6 Å². The van der Waals surface area contributed by atoms with Crippen LogP contribution in [0, 0.1) is 11.6 Å². The summed E-state index contributed by atoms with van der Waals surface area (Å²) in [6.07, 6.45) is 0. The standard InChI is InChI=1S/C14H10ClF2N3/c15-9-3-1-8(2-4-9)7-20-13-11(19-14(20)18)6-5-10(16)12(13)17/h1-6H,7H2,(H2,18,19). The number of hydrogen-bond acceptors (Lipinski definition) is 2. The lowest BCUT2D eigenvalue weighted by Crippen LogP contribution is -2.05. The van der Waals surface area contributed by atoms with Crippen LogP contribution < -0.4 is 5.73 Å². The van der Waals surface area contributed by atoms with Gasteiger partial charge in [-0.3, -0.25) is 0 Å². The number of nitrogens with zero attached hydrogens (tertiary/aromatic N) is 2. The van der Waals surface area contributed by atoms with E-state index in [4.69, 9.17) is 17.3 Å². The molecule has 0 saturated heterocycles. The fraction of sp³-hybridized carbons (Fsp3) is 0.0714. The first-order chi connectivity index (χ1) is 9.56. The van der Waals surface area contributed by atoms with Crippen LogP contribution in [0.4, 0.5) is 14.7 Å². The van der Waals surface area contributed by atoms with Crippen LogP contribution in [0.2, 0.25) is 5.02 Å². The third-order valence-electron chi connectivity index (χ3n) is 3.08. The van der Waals surface area contributed by atoms with Gasteiger partial charge in [0.25, 0.3) is 0 Å². The molecule has 6 heteroatoms. The van der Waals surface area contributed by atoms with Gasteiger partial charge in [-0.15, -0.1) is 0 Å². The highest BCUT2D eigenvalue weighted by Crippen LogP contribution is 2.24. The van der Waals surface area contributed by atoms with E-state index in [1.807, 2.05) is 0 Å². The van der Waals surface area contributed by atoms with Crippen molar-refractivity contribution in [2.24, 2.45) is 0 Å². The number of fused-ring (bicyclic) bond motifs is 1. The maximum atomic E-state index is 13.9. The summed E-state index contributed by atoms with van der Waals surface area (Å²) in [5.41, 5.74) is 7.05. The Bertz CT molecular complexity index is 781. The molecule has 0 atom stereocenters. The van der Waals surface area contributed by atoms with Gasteiger partial charge in [-0.2, -0.15) is 0 Å². The van der Waals surface area contributed by atoms with Gasteiger partial charge in [0, 0.05) is 5.02 Å². The van der Waals surface area contributed by atoms with Crippen LogP contribution in [-0.4, -0.2) is 9.55 Å². The van der Waals surface area contributed by atoms with Gasteiger partial charge >= 0.3 is 0 Å². The molecule has 0 unspecified atom stereocenters. The van der Waals surface area contributed by atoms with Gasteiger partial charge in [-0.1, -0.05) is 23.7 Å². The molecule has 0 spiro atoms. The van der Waals surface area contributed by atoms with Crippen molar-refractivity contribution in [3.8, 4) is 0 Å². The molecule has 1 heterocycles. The van der Waals surface area contributed by atoms with Crippen LogP contribution in [0.25, 0.3) is 11.0 Å². The fourth-order valence-electron chi connectivity index (χ4n) is 2.11. The zero-order valence-electron chi connectivity index (χ0n) is 10.3. The van der Waals surface area contributed by atoms with Crippen LogP contribution in [0.3, 0.4) is 0 Å². The summed E-state index contributed by atoms with van der Waals surface area (Å²) in [5, 5.41) is 0.606. The number of aromatic nitrogens is 2. The third-order valence-corrected chi connectivity index (χ3v) is 3.34. The van der Waals surface area contributed by atoms with E-state index >= 15 is 0 Å². The number of nitrogen functional groups attached to an aromatic ring is 1. The Morgan fingerprint density at radius 2 is 1.80 bits per heavy atom. The number of anilines is 1. The van der Waals surface area contributed by atoms with E-state index in [0.29, 0.717) is 17.1 Å². The van der Waals surface area contributed by atoms with Crippen LogP contribution in [-0.2, 0) is 6.54 Å². The van der Waals surface area contributed by atoms with Crippen molar-refractivity contribution in [1.29, 1.82) is 0 Å². The minimum absolute atomic E-state index is 0.0671. The number of rotatable bonds is 2. The van der Waals surface area contributed by atoms with Crippen molar-refractivity contribution in [1.82, 2.24) is 9.55 Å². The first-order valence-corrected chi connectivity index (χ1v) is 6.28. The molecule has 0 aliphatic rings. The Morgan fingerprint density at radius 1 is 1.10 bits per heavy atom. The van der Waals surface area contributed by atoms with Crippen molar-refractivity contribution in [2.45, 2.75) is 6.54 Å². The molecule has 102 valence electrons. The first kappa shape index (κ1) is 12.9. The van der Waals surface area contributed by atoms with Gasteiger partial charge in [-0.25, -0.2) is 13.8 Å². The largest absolute Gasteiger partial charge is 0.369 e. The van der Waals surface area contributed by atoms with Gasteiger partial charge in [0.05, 0.1) is 12.1 Å². The molecule has 0 radical (unpaired) electrons. The molecule has 3 aromatic rings. The van der Waals surface area contributed by atoms with Gasteiger partial charge in [0.1, 0.15) is 5.52 Å². The summed E-state index contributed by atoms with van der Waals surface area (Å²) < 4.78 is 28.7. The summed E-state index contributed by atoms with van der Waals surface area (Å²) in [5.74, 6) is -1.73. The van der Waals surface area contributed by atoms with Crippen LogP contribution >= 0.6 is 11.6 Å². The SMILES string of the molecule is Nc1nc2ccc(F)c(F)c2n1Cc1ccc(Cl)cc1. The van der Waals surface area contributed by atoms with Gasteiger partial charge < -0.3 is 10.3 Å². The Kier molecular flexibility index (Phi) is 3.06. The van der Waals surface area contributed by atoms with Crippen LogP contribution in [0.1, 0.15) is 5.56 Å². The summed E-state index contributed by atoms with van der Waals surface area (Å²) in [7, 11) is 0. The number of hydrogen-bond donors (Lipinski definition) is 1. The number of imidazole rings is 1. The molecule has 0 bridgehead atoms. The smallest absolute Gasteiger partial charge is 0.201 e. The summed E-state index contributed by atoms with van der Waals surface area (Å²) in [6, 6.07) is 9.49. The predicted molar refractivity (Wildman–Crippen MR) is 74.6 cm³/mol. The number of benzene rings is 2. The molecule has 20 heavy (non-hydrogen) atoms. The van der Waals surface area contributed by atoms with Crippen molar-refractivity contribution >= 4 is 28.6 Å². The van der Waals surface area contributed by atoms with Gasteiger partial charge in [-0.05, 0) is 29.8 Å². The number of halogens is 3. The van der Waals surface area contributed by atoms with E-state index in [9.17, 15) is 8.78 Å². The summed E-state index contributed by atoms with van der Waals surface area (Å²) in [4.78, 5) is 4.04. The monoisotopic (exact) mass is 293 g/mol. The normalized spacial score (nSPS) is 11.2. The van der Waals surface area contributed by atoms with Crippen molar-refractivity contribution in [3.05, 3.63) is 58.6 Å². The highest BCUT2D eigenvalue weighted by atomic mass is 35.5. The molecule has 0 saturated carbocycles. The average molecular weight is 294 g/mol. The molecule has 3 nitrogen and oxygen atoms in total. The zero-order valence-corrected chi connectivity index (χ0v) is 11.0. The minimum atomic E-state index is -0.944. The Morgan fingerprint density at radius 3 is 2.50 bits per heavy atom. The number of nitrogens with two attached hydrogens (primary N) is 1. The molecule has 0 fully saturated rings. The summed E-state index contributed by atoms with van der Waals surface area (Å²) in [6.45, 7) is 0.292. The predicted octanol–water partition coefficient (Wildman–Crippen LogP) is 3.60. The maximum Gasteiger partial charge on any atom is 0.201 e. The lowest BCUT2D eigenvalue weighted by atomic mass is 10.2. The van der Waals surface area contributed by atoms with E-state index in [-0.39, 0.29) is 11.5 Å². The minimum Gasteiger partial charge on any atom is -0.369 e. The molecule has 2 aromatic carbocycles. The fourth-order valence-corrected chi connectivity index (χ4v) is 2.23. The van der Waals surface area contributed by atoms with E-state index in [0.717, 1.165) is 11.6 Å². The highest BCUT2D eigenvalue weighted by molar-refractivity contribution is 6.30. The van der Waals surface area contributed by atoms with Crippen LogP contribution in [0.5, 0.6) is 0 Å². The van der Waals surface area contributed by atoms with Gasteiger partial charge in [0.2, 0.25) is 5.95 Å². The molecule has 0 aliphatic carbocycles. The molecule has 1 aromatic heterocycles. The molecule has 0 amide bonds. The molecule has 0 aliphatic heterocycles. The highest BCUT2D eigenvalue weighted by Gasteiger charge is 2.16. The van der Waals surface area contributed by atoms with E-state index in [1.54, 1.807) is 24.3 Å².